The number of anilines is 1. The van der Waals surface area contributed by atoms with E-state index < -0.39 is 22.8 Å². The van der Waals surface area contributed by atoms with E-state index >= 15 is 0 Å². The highest BCUT2D eigenvalue weighted by Gasteiger charge is 2.50. The number of nitrogens with one attached hydrogen (secondary N) is 1. The third kappa shape index (κ3) is 4.87. The lowest BCUT2D eigenvalue weighted by Gasteiger charge is -2.34. The third-order valence-electron chi connectivity index (χ3n) is 4.23. The first-order chi connectivity index (χ1) is 14.1. The van der Waals surface area contributed by atoms with Crippen molar-refractivity contribution in [3.05, 3.63) is 63.9 Å². The SMILES string of the molecule is CC1(C)SC(=S)N(/N=C\c2ccccc2F)[C@H]1N(O)C(=O)Nc1ccc(Cl)c(Cl)c1. The summed E-state index contributed by atoms with van der Waals surface area (Å²) < 4.78 is 13.5. The van der Waals surface area contributed by atoms with Gasteiger partial charge in [0.05, 0.1) is 21.0 Å². The number of nitrogens with zero attached hydrogens (tertiary/aromatic N) is 3. The predicted octanol–water partition coefficient (Wildman–Crippen LogP) is 5.83. The second-order valence-electron chi connectivity index (χ2n) is 6.86. The van der Waals surface area contributed by atoms with Crippen LogP contribution in [0.25, 0.3) is 0 Å². The maximum absolute atomic E-state index is 13.9. The Bertz CT molecular complexity index is 1020. The summed E-state index contributed by atoms with van der Waals surface area (Å²) in [5, 5.41) is 19.9. The average Bonchev–Trinajstić information content (AvgIpc) is 2.91. The van der Waals surface area contributed by atoms with Crippen molar-refractivity contribution in [3.8, 4) is 0 Å². The molecule has 1 aliphatic rings. The fourth-order valence-electron chi connectivity index (χ4n) is 2.80. The molecule has 30 heavy (non-hydrogen) atoms. The van der Waals surface area contributed by atoms with Gasteiger partial charge in [-0.15, -0.1) is 0 Å². The van der Waals surface area contributed by atoms with Crippen molar-refractivity contribution < 1.29 is 14.4 Å². The molecule has 1 aliphatic heterocycles. The Kier molecular flexibility index (Phi) is 6.88. The molecule has 0 aromatic heterocycles. The van der Waals surface area contributed by atoms with Gasteiger partial charge in [-0.25, -0.2) is 14.2 Å². The molecule has 0 bridgehead atoms. The van der Waals surface area contributed by atoms with E-state index in [1.807, 2.05) is 13.8 Å². The molecule has 11 heteroatoms. The van der Waals surface area contributed by atoms with E-state index in [2.05, 4.69) is 10.4 Å². The van der Waals surface area contributed by atoms with E-state index in [-0.39, 0.29) is 10.6 Å². The van der Waals surface area contributed by atoms with E-state index in [0.717, 1.165) is 0 Å². The van der Waals surface area contributed by atoms with Gasteiger partial charge in [0, 0.05) is 11.3 Å². The summed E-state index contributed by atoms with van der Waals surface area (Å²) in [6.07, 6.45) is 0.349. The lowest BCUT2D eigenvalue weighted by atomic mass is 10.1. The van der Waals surface area contributed by atoms with E-state index in [1.54, 1.807) is 24.3 Å². The van der Waals surface area contributed by atoms with Gasteiger partial charge in [-0.1, -0.05) is 65.4 Å². The molecule has 0 unspecified atom stereocenters. The largest absolute Gasteiger partial charge is 0.347 e. The number of thioether (sulfide) groups is 1. The Balaban J connectivity index is 1.83. The van der Waals surface area contributed by atoms with Crippen molar-refractivity contribution >= 4 is 69.4 Å². The van der Waals surface area contributed by atoms with Gasteiger partial charge in [0.2, 0.25) is 0 Å². The summed E-state index contributed by atoms with van der Waals surface area (Å²) in [6.45, 7) is 3.62. The monoisotopic (exact) mass is 486 g/mol. The first kappa shape index (κ1) is 22.8. The highest BCUT2D eigenvalue weighted by molar-refractivity contribution is 8.24. The minimum absolute atomic E-state index is 0.249. The van der Waals surface area contributed by atoms with Crippen LogP contribution in [0.4, 0.5) is 14.9 Å². The van der Waals surface area contributed by atoms with Crippen LogP contribution in [-0.4, -0.2) is 42.8 Å². The fraction of sp³-hybridized carbons (Fsp3) is 0.211. The molecule has 3 rings (SSSR count). The quantitative estimate of drug-likeness (QED) is 0.246. The van der Waals surface area contributed by atoms with E-state index in [9.17, 15) is 14.4 Å². The number of hydrogen-bond donors (Lipinski definition) is 2. The lowest BCUT2D eigenvalue weighted by Crippen LogP contribution is -2.54. The minimum Gasteiger partial charge on any atom is -0.306 e. The van der Waals surface area contributed by atoms with Gasteiger partial charge in [0.1, 0.15) is 5.82 Å². The number of thiocarbonyl (C=S) groups is 1. The van der Waals surface area contributed by atoms with Gasteiger partial charge in [-0.2, -0.15) is 10.2 Å². The van der Waals surface area contributed by atoms with Crippen LogP contribution >= 0.6 is 47.2 Å². The van der Waals surface area contributed by atoms with Crippen molar-refractivity contribution in [2.24, 2.45) is 5.10 Å². The fourth-order valence-corrected chi connectivity index (χ4v) is 4.88. The second kappa shape index (κ2) is 9.07. The predicted molar refractivity (Wildman–Crippen MR) is 123 cm³/mol. The maximum atomic E-state index is 13.9. The number of urea groups is 1. The zero-order chi connectivity index (χ0) is 22.1. The van der Waals surface area contributed by atoms with Gasteiger partial charge in [-0.05, 0) is 38.1 Å². The molecule has 158 valence electrons. The molecule has 2 N–H and O–H groups in total. The molecule has 0 aliphatic carbocycles. The molecule has 1 saturated heterocycles. The highest BCUT2D eigenvalue weighted by Crippen LogP contribution is 2.42. The molecular weight excluding hydrogens is 470 g/mol. The smallest absolute Gasteiger partial charge is 0.306 e. The Labute approximate surface area is 192 Å². The van der Waals surface area contributed by atoms with E-state index in [1.165, 1.54) is 41.2 Å². The van der Waals surface area contributed by atoms with Gasteiger partial charge < -0.3 is 5.32 Å². The Morgan fingerprint density at radius 2 is 2.03 bits per heavy atom. The van der Waals surface area contributed by atoms with Crippen molar-refractivity contribution in [2.75, 3.05) is 5.32 Å². The van der Waals surface area contributed by atoms with Crippen molar-refractivity contribution in [3.63, 3.8) is 0 Å². The van der Waals surface area contributed by atoms with Crippen LogP contribution in [0.5, 0.6) is 0 Å². The number of hydrazone groups is 1. The zero-order valence-electron chi connectivity index (χ0n) is 15.8. The average molecular weight is 487 g/mol. The Morgan fingerprint density at radius 1 is 1.33 bits per heavy atom. The Hall–Kier alpha value is -1.91. The van der Waals surface area contributed by atoms with Crippen LogP contribution in [0.3, 0.4) is 0 Å². The van der Waals surface area contributed by atoms with Crippen LogP contribution in [0.2, 0.25) is 10.0 Å². The number of hydrogen-bond acceptors (Lipinski definition) is 5. The topological polar surface area (TPSA) is 68.2 Å². The van der Waals surface area contributed by atoms with Crippen LogP contribution in [-0.2, 0) is 0 Å². The van der Waals surface area contributed by atoms with Crippen molar-refractivity contribution in [1.82, 2.24) is 10.1 Å². The Morgan fingerprint density at radius 3 is 2.70 bits per heavy atom. The molecule has 1 heterocycles. The molecule has 2 amide bonds. The molecule has 0 saturated carbocycles. The summed E-state index contributed by atoms with van der Waals surface area (Å²) in [6, 6.07) is 9.82. The van der Waals surface area contributed by atoms with Gasteiger partial charge in [0.15, 0.2) is 10.5 Å². The summed E-state index contributed by atoms with van der Waals surface area (Å²) in [7, 11) is 0. The van der Waals surface area contributed by atoms with Crippen LogP contribution in [0.1, 0.15) is 19.4 Å². The van der Waals surface area contributed by atoms with E-state index in [0.29, 0.717) is 20.1 Å². The normalized spacial score (nSPS) is 18.1. The summed E-state index contributed by atoms with van der Waals surface area (Å²) >= 11 is 18.5. The van der Waals surface area contributed by atoms with Crippen LogP contribution in [0.15, 0.2) is 47.6 Å². The molecule has 1 atom stereocenters. The maximum Gasteiger partial charge on any atom is 0.347 e. The van der Waals surface area contributed by atoms with Gasteiger partial charge in [-0.3, -0.25) is 5.21 Å². The lowest BCUT2D eigenvalue weighted by molar-refractivity contribution is -0.114. The molecule has 6 nitrogen and oxygen atoms in total. The molecule has 2 aromatic rings. The number of amides is 2. The number of rotatable bonds is 4. The highest BCUT2D eigenvalue weighted by atomic mass is 35.5. The number of carbonyl (C=O) groups excluding carboxylic acids is 1. The number of carbonyl (C=O) groups is 1. The second-order valence-corrected chi connectivity index (χ2v) is 9.96. The first-order valence-corrected chi connectivity index (χ1v) is 10.6. The van der Waals surface area contributed by atoms with Crippen LogP contribution in [0, 0.1) is 5.82 Å². The number of benzene rings is 2. The van der Waals surface area contributed by atoms with Crippen molar-refractivity contribution in [1.29, 1.82) is 0 Å². The van der Waals surface area contributed by atoms with Crippen LogP contribution < -0.4 is 5.32 Å². The van der Waals surface area contributed by atoms with Gasteiger partial charge in [0.25, 0.3) is 0 Å². The van der Waals surface area contributed by atoms with Gasteiger partial charge >= 0.3 is 6.03 Å². The molecule has 0 radical (unpaired) electrons. The van der Waals surface area contributed by atoms with Crippen molar-refractivity contribution in [2.45, 2.75) is 24.8 Å². The third-order valence-corrected chi connectivity index (χ3v) is 6.50. The molecule has 0 spiro atoms. The minimum atomic E-state index is -0.944. The molecule has 1 fully saturated rings. The molecular formula is C19H17Cl2FN4O2S2. The first-order valence-electron chi connectivity index (χ1n) is 8.65. The summed E-state index contributed by atoms with van der Waals surface area (Å²) in [4.78, 5) is 12.7. The number of halogens is 3. The summed E-state index contributed by atoms with van der Waals surface area (Å²) in [5.41, 5.74) is 0.597. The standard InChI is InChI=1S/C19H17Cl2FN4O2S2/c1-19(2)16(26(28)17(27)24-12-7-8-13(20)14(21)9-12)25(18(29)30-19)23-10-11-5-3-4-6-15(11)22/h3-10,16,28H,1-2H3,(H,24,27)/b23-10-/t16-/m0/s1. The molecule has 2 aromatic carbocycles. The number of hydroxylamine groups is 2. The summed E-state index contributed by atoms with van der Waals surface area (Å²) in [5.74, 6) is -0.451. The van der Waals surface area contributed by atoms with E-state index in [4.69, 9.17) is 35.4 Å². The zero-order valence-corrected chi connectivity index (χ0v) is 19.0.